The van der Waals surface area contributed by atoms with Crippen molar-refractivity contribution in [1.29, 1.82) is 0 Å². The fraction of sp³-hybridized carbons (Fsp3) is 0.643. The van der Waals surface area contributed by atoms with E-state index < -0.39 is 0 Å². The maximum absolute atomic E-state index is 6.29. The van der Waals surface area contributed by atoms with Crippen molar-refractivity contribution in [2.24, 2.45) is 5.92 Å². The lowest BCUT2D eigenvalue weighted by Crippen LogP contribution is -2.37. The molecule has 0 atom stereocenters. The summed E-state index contributed by atoms with van der Waals surface area (Å²) < 4.78 is 0. The predicted molar refractivity (Wildman–Crippen MR) is 82.3 cm³/mol. The molecule has 1 fully saturated rings. The van der Waals surface area contributed by atoms with E-state index in [0.717, 1.165) is 30.4 Å². The fourth-order valence-corrected chi connectivity index (χ4v) is 3.07. The molecule has 0 N–H and O–H groups in total. The topological polar surface area (TPSA) is 19.4 Å². The van der Waals surface area contributed by atoms with Crippen LogP contribution in [0.4, 0.5) is 5.82 Å². The number of anilines is 1. The van der Waals surface area contributed by atoms with Gasteiger partial charge in [-0.15, -0.1) is 11.6 Å². The minimum Gasteiger partial charge on any atom is -0.355 e. The number of halogens is 2. The lowest BCUT2D eigenvalue weighted by Gasteiger charge is -2.34. The number of piperidine rings is 1. The van der Waals surface area contributed by atoms with Crippen LogP contribution in [-0.4, -0.2) is 43.6 Å². The van der Waals surface area contributed by atoms with Crippen LogP contribution in [0.2, 0.25) is 5.02 Å². The Kier molecular flexibility index (Phi) is 5.31. The Morgan fingerprint density at radius 3 is 2.58 bits per heavy atom. The first-order chi connectivity index (χ1) is 9.10. The van der Waals surface area contributed by atoms with E-state index in [1.165, 1.54) is 19.4 Å². The molecule has 0 aromatic carbocycles. The Bertz CT molecular complexity index is 415. The molecule has 5 heteroatoms. The number of aromatic nitrogens is 1. The molecule has 0 unspecified atom stereocenters. The molecule has 1 aliphatic rings. The van der Waals surface area contributed by atoms with Crippen LogP contribution in [0.5, 0.6) is 0 Å². The normalized spacial score (nSPS) is 17.2. The van der Waals surface area contributed by atoms with E-state index in [-0.39, 0.29) is 0 Å². The highest BCUT2D eigenvalue weighted by Crippen LogP contribution is 2.28. The number of nitrogens with zero attached hydrogens (tertiary/aromatic N) is 3. The molecule has 19 heavy (non-hydrogen) atoms. The molecule has 1 saturated heterocycles. The van der Waals surface area contributed by atoms with Crippen molar-refractivity contribution < 1.29 is 0 Å². The van der Waals surface area contributed by atoms with Crippen LogP contribution in [0.15, 0.2) is 12.3 Å². The van der Waals surface area contributed by atoms with Crippen LogP contribution in [0.1, 0.15) is 18.4 Å². The number of rotatable bonds is 4. The number of hydrogen-bond acceptors (Lipinski definition) is 3. The summed E-state index contributed by atoms with van der Waals surface area (Å²) in [6.45, 7) is 3.23. The van der Waals surface area contributed by atoms with Crippen molar-refractivity contribution in [3.05, 3.63) is 22.8 Å². The zero-order chi connectivity index (χ0) is 13.8. The van der Waals surface area contributed by atoms with E-state index >= 15 is 0 Å². The Labute approximate surface area is 125 Å². The smallest absolute Gasteiger partial charge is 0.147 e. The first-order valence-corrected chi connectivity index (χ1v) is 7.61. The fourth-order valence-electron chi connectivity index (χ4n) is 2.62. The van der Waals surface area contributed by atoms with Gasteiger partial charge in [-0.05, 0) is 44.5 Å². The van der Waals surface area contributed by atoms with Crippen molar-refractivity contribution in [3.8, 4) is 0 Å². The largest absolute Gasteiger partial charge is 0.355 e. The van der Waals surface area contributed by atoms with Crippen molar-refractivity contribution in [2.45, 2.75) is 18.7 Å². The predicted octanol–water partition coefficient (Wildman–Crippen LogP) is 3.25. The van der Waals surface area contributed by atoms with E-state index in [2.05, 4.69) is 28.9 Å². The molecule has 106 valence electrons. The van der Waals surface area contributed by atoms with Crippen LogP contribution < -0.4 is 4.90 Å². The Morgan fingerprint density at radius 2 is 2.05 bits per heavy atom. The van der Waals surface area contributed by atoms with Gasteiger partial charge in [-0.25, -0.2) is 4.98 Å². The zero-order valence-electron chi connectivity index (χ0n) is 11.6. The second kappa shape index (κ2) is 6.78. The molecule has 0 radical (unpaired) electrons. The van der Waals surface area contributed by atoms with Gasteiger partial charge in [-0.2, -0.15) is 0 Å². The highest BCUT2D eigenvalue weighted by Gasteiger charge is 2.22. The summed E-state index contributed by atoms with van der Waals surface area (Å²) in [4.78, 5) is 9.01. The molecule has 3 nitrogen and oxygen atoms in total. The van der Waals surface area contributed by atoms with E-state index in [1.807, 2.05) is 12.3 Å². The second-order valence-corrected chi connectivity index (χ2v) is 6.15. The quantitative estimate of drug-likeness (QED) is 0.796. The zero-order valence-corrected chi connectivity index (χ0v) is 13.1. The molecular weight excluding hydrogens is 281 g/mol. The van der Waals surface area contributed by atoms with Gasteiger partial charge in [0.15, 0.2) is 0 Å². The van der Waals surface area contributed by atoms with Gasteiger partial charge in [0.1, 0.15) is 5.82 Å². The third kappa shape index (κ3) is 3.98. The van der Waals surface area contributed by atoms with Crippen molar-refractivity contribution in [3.63, 3.8) is 0 Å². The molecule has 2 rings (SSSR count). The van der Waals surface area contributed by atoms with Crippen LogP contribution >= 0.6 is 23.2 Å². The SMILES string of the molecule is CN(C)CC1CCN(c2ncc(CCl)cc2Cl)CC1. The lowest BCUT2D eigenvalue weighted by atomic mass is 9.96. The average Bonchev–Trinajstić information content (AvgIpc) is 2.39. The van der Waals surface area contributed by atoms with Gasteiger partial charge in [0.05, 0.1) is 5.02 Å². The van der Waals surface area contributed by atoms with Gasteiger partial charge in [-0.3, -0.25) is 0 Å². The molecule has 0 saturated carbocycles. The minimum absolute atomic E-state index is 0.456. The highest BCUT2D eigenvalue weighted by molar-refractivity contribution is 6.33. The maximum atomic E-state index is 6.29. The van der Waals surface area contributed by atoms with Gasteiger partial charge < -0.3 is 9.80 Å². The third-order valence-corrected chi connectivity index (χ3v) is 4.16. The van der Waals surface area contributed by atoms with Gasteiger partial charge >= 0.3 is 0 Å². The Balaban J connectivity index is 1.97. The summed E-state index contributed by atoms with van der Waals surface area (Å²) in [6.07, 6.45) is 4.22. The summed E-state index contributed by atoms with van der Waals surface area (Å²) >= 11 is 12.1. The van der Waals surface area contributed by atoms with Gasteiger partial charge in [-0.1, -0.05) is 11.6 Å². The van der Waals surface area contributed by atoms with Crippen LogP contribution in [0.25, 0.3) is 0 Å². The Morgan fingerprint density at radius 1 is 1.37 bits per heavy atom. The molecule has 0 aliphatic carbocycles. The maximum Gasteiger partial charge on any atom is 0.147 e. The summed E-state index contributed by atoms with van der Waals surface area (Å²) in [5, 5.41) is 0.712. The summed E-state index contributed by atoms with van der Waals surface area (Å²) in [6, 6.07) is 1.92. The Hall–Kier alpha value is -0.510. The molecular formula is C14H21Cl2N3. The summed E-state index contributed by atoms with van der Waals surface area (Å²) in [5.74, 6) is 2.14. The van der Waals surface area contributed by atoms with Crippen LogP contribution in [0.3, 0.4) is 0 Å². The molecule has 1 aromatic heterocycles. The molecule has 0 bridgehead atoms. The first kappa shape index (κ1) is 14.9. The van der Waals surface area contributed by atoms with Gasteiger partial charge in [0, 0.05) is 31.7 Å². The van der Waals surface area contributed by atoms with Crippen molar-refractivity contribution >= 4 is 29.0 Å². The molecule has 2 heterocycles. The number of hydrogen-bond donors (Lipinski definition) is 0. The highest BCUT2D eigenvalue weighted by atomic mass is 35.5. The summed E-state index contributed by atoms with van der Waals surface area (Å²) in [7, 11) is 4.27. The van der Waals surface area contributed by atoms with Gasteiger partial charge in [0.25, 0.3) is 0 Å². The van der Waals surface area contributed by atoms with Crippen LogP contribution in [0, 0.1) is 5.92 Å². The van der Waals surface area contributed by atoms with Crippen molar-refractivity contribution in [1.82, 2.24) is 9.88 Å². The van der Waals surface area contributed by atoms with E-state index in [0.29, 0.717) is 10.9 Å². The molecule has 1 aliphatic heterocycles. The summed E-state index contributed by atoms with van der Waals surface area (Å²) in [5.41, 5.74) is 0.970. The minimum atomic E-state index is 0.456. The third-order valence-electron chi connectivity index (χ3n) is 3.57. The average molecular weight is 302 g/mol. The molecule has 1 aromatic rings. The van der Waals surface area contributed by atoms with Crippen molar-refractivity contribution in [2.75, 3.05) is 38.6 Å². The van der Waals surface area contributed by atoms with E-state index in [9.17, 15) is 0 Å². The monoisotopic (exact) mass is 301 g/mol. The lowest BCUT2D eigenvalue weighted by molar-refractivity contribution is 0.284. The molecule has 0 amide bonds. The van der Waals surface area contributed by atoms with Gasteiger partial charge in [0.2, 0.25) is 0 Å². The van der Waals surface area contributed by atoms with E-state index in [4.69, 9.17) is 23.2 Å². The second-order valence-electron chi connectivity index (χ2n) is 5.48. The number of alkyl halides is 1. The number of pyridine rings is 1. The molecule has 0 spiro atoms. The van der Waals surface area contributed by atoms with Crippen LogP contribution in [-0.2, 0) is 5.88 Å². The first-order valence-electron chi connectivity index (χ1n) is 6.70. The standard InChI is InChI=1S/C14H21Cl2N3/c1-18(2)10-11-3-5-19(6-4-11)14-13(16)7-12(8-15)9-17-14/h7,9,11H,3-6,8,10H2,1-2H3. The van der Waals surface area contributed by atoms with E-state index in [1.54, 1.807) is 0 Å².